The van der Waals surface area contributed by atoms with Gasteiger partial charge in [0.2, 0.25) is 5.95 Å². The fraction of sp³-hybridized carbons (Fsp3) is 0.312. The number of carboxylic acid groups (broad SMARTS) is 1. The molecule has 1 aliphatic heterocycles. The highest BCUT2D eigenvalue weighted by molar-refractivity contribution is 7.99. The summed E-state index contributed by atoms with van der Waals surface area (Å²) < 4.78 is 5.14. The first-order valence-corrected chi connectivity index (χ1v) is 8.42. The third kappa shape index (κ3) is 3.39. The molecule has 2 aromatic rings. The van der Waals surface area contributed by atoms with Gasteiger partial charge in [0.1, 0.15) is 11.3 Å². The van der Waals surface area contributed by atoms with Gasteiger partial charge in [-0.2, -0.15) is 11.8 Å². The molecule has 1 fully saturated rings. The zero-order valence-corrected chi connectivity index (χ0v) is 13.5. The monoisotopic (exact) mass is 331 g/mol. The highest BCUT2D eigenvalue weighted by atomic mass is 32.2. The van der Waals surface area contributed by atoms with Crippen molar-refractivity contribution in [1.29, 1.82) is 0 Å². The Morgan fingerprint density at radius 2 is 1.96 bits per heavy atom. The summed E-state index contributed by atoms with van der Waals surface area (Å²) in [5.41, 5.74) is 1.27. The SMILES string of the molecule is COc1ccc(-c2nc(N3CCSCC3)ncc2C(=O)O)cc1. The maximum atomic E-state index is 11.5. The summed E-state index contributed by atoms with van der Waals surface area (Å²) in [4.78, 5) is 22.3. The van der Waals surface area contributed by atoms with Crippen molar-refractivity contribution < 1.29 is 14.6 Å². The van der Waals surface area contributed by atoms with Gasteiger partial charge < -0.3 is 14.7 Å². The number of hydrogen-bond donors (Lipinski definition) is 1. The van der Waals surface area contributed by atoms with Gasteiger partial charge in [-0.25, -0.2) is 14.8 Å². The van der Waals surface area contributed by atoms with Crippen molar-refractivity contribution in [3.63, 3.8) is 0 Å². The average molecular weight is 331 g/mol. The van der Waals surface area contributed by atoms with E-state index in [2.05, 4.69) is 14.9 Å². The van der Waals surface area contributed by atoms with Crippen molar-refractivity contribution in [2.24, 2.45) is 0 Å². The van der Waals surface area contributed by atoms with Crippen LogP contribution in [-0.2, 0) is 0 Å². The topological polar surface area (TPSA) is 75.5 Å². The summed E-state index contributed by atoms with van der Waals surface area (Å²) in [6.07, 6.45) is 1.39. The fourth-order valence-corrected chi connectivity index (χ4v) is 3.32. The number of aromatic carboxylic acids is 1. The van der Waals surface area contributed by atoms with Gasteiger partial charge in [-0.15, -0.1) is 0 Å². The Morgan fingerprint density at radius 3 is 2.57 bits per heavy atom. The molecule has 0 saturated carbocycles. The number of ether oxygens (including phenoxy) is 1. The van der Waals surface area contributed by atoms with Gasteiger partial charge in [-0.3, -0.25) is 0 Å². The molecule has 0 radical (unpaired) electrons. The smallest absolute Gasteiger partial charge is 0.339 e. The quantitative estimate of drug-likeness (QED) is 0.922. The molecule has 0 spiro atoms. The van der Waals surface area contributed by atoms with Crippen LogP contribution < -0.4 is 9.64 Å². The maximum Gasteiger partial charge on any atom is 0.339 e. The first kappa shape index (κ1) is 15.6. The van der Waals surface area contributed by atoms with Crippen LogP contribution in [-0.4, -0.2) is 52.7 Å². The molecule has 6 nitrogen and oxygen atoms in total. The summed E-state index contributed by atoms with van der Waals surface area (Å²) >= 11 is 1.90. The molecule has 1 saturated heterocycles. The number of carboxylic acids is 1. The number of nitrogens with zero attached hydrogens (tertiary/aromatic N) is 3. The Hall–Kier alpha value is -2.28. The summed E-state index contributed by atoms with van der Waals surface area (Å²) in [5.74, 6) is 2.33. The first-order valence-electron chi connectivity index (χ1n) is 7.26. The van der Waals surface area contributed by atoms with Crippen molar-refractivity contribution in [1.82, 2.24) is 9.97 Å². The van der Waals surface area contributed by atoms with E-state index in [0.717, 1.165) is 30.2 Å². The van der Waals surface area contributed by atoms with E-state index >= 15 is 0 Å². The van der Waals surface area contributed by atoms with Crippen molar-refractivity contribution in [3.8, 4) is 17.0 Å². The normalized spacial score (nSPS) is 14.6. The summed E-state index contributed by atoms with van der Waals surface area (Å²) in [6.45, 7) is 1.75. The Balaban J connectivity index is 2.01. The van der Waals surface area contributed by atoms with Gasteiger partial charge in [0.05, 0.1) is 12.8 Å². The summed E-state index contributed by atoms with van der Waals surface area (Å²) in [6, 6.07) is 7.20. The molecule has 23 heavy (non-hydrogen) atoms. The van der Waals surface area contributed by atoms with E-state index in [1.54, 1.807) is 19.2 Å². The van der Waals surface area contributed by atoms with Gasteiger partial charge in [-0.05, 0) is 24.3 Å². The molecule has 0 bridgehead atoms. The van der Waals surface area contributed by atoms with Gasteiger partial charge in [0.15, 0.2) is 0 Å². The number of anilines is 1. The van der Waals surface area contributed by atoms with Crippen LogP contribution in [0, 0.1) is 0 Å². The fourth-order valence-electron chi connectivity index (χ4n) is 2.41. The summed E-state index contributed by atoms with van der Waals surface area (Å²) in [5, 5.41) is 9.41. The van der Waals surface area contributed by atoms with Crippen molar-refractivity contribution in [2.75, 3.05) is 36.6 Å². The zero-order valence-electron chi connectivity index (χ0n) is 12.7. The molecule has 0 unspecified atom stereocenters. The Morgan fingerprint density at radius 1 is 1.26 bits per heavy atom. The molecule has 0 aliphatic carbocycles. The van der Waals surface area contributed by atoms with Crippen LogP contribution in [0.25, 0.3) is 11.3 Å². The van der Waals surface area contributed by atoms with Crippen LogP contribution in [0.4, 0.5) is 5.95 Å². The van der Waals surface area contributed by atoms with E-state index in [9.17, 15) is 9.90 Å². The lowest BCUT2D eigenvalue weighted by Crippen LogP contribution is -2.34. The molecule has 2 heterocycles. The number of thioether (sulfide) groups is 1. The molecule has 0 amide bonds. The van der Waals surface area contributed by atoms with Gasteiger partial charge in [0.25, 0.3) is 0 Å². The lowest BCUT2D eigenvalue weighted by Gasteiger charge is -2.26. The maximum absolute atomic E-state index is 11.5. The van der Waals surface area contributed by atoms with Crippen LogP contribution in [0.2, 0.25) is 0 Å². The highest BCUT2D eigenvalue weighted by Crippen LogP contribution is 2.26. The van der Waals surface area contributed by atoms with Gasteiger partial charge in [-0.1, -0.05) is 0 Å². The molecular formula is C16H17N3O3S. The molecule has 7 heteroatoms. The van der Waals surface area contributed by atoms with Crippen molar-refractivity contribution in [3.05, 3.63) is 36.0 Å². The van der Waals surface area contributed by atoms with E-state index < -0.39 is 5.97 Å². The van der Waals surface area contributed by atoms with Crippen LogP contribution >= 0.6 is 11.8 Å². The lowest BCUT2D eigenvalue weighted by molar-refractivity contribution is 0.0697. The Kier molecular flexibility index (Phi) is 4.66. The second-order valence-electron chi connectivity index (χ2n) is 5.07. The molecule has 0 atom stereocenters. The molecular weight excluding hydrogens is 314 g/mol. The van der Waals surface area contributed by atoms with E-state index in [1.807, 2.05) is 23.9 Å². The van der Waals surface area contributed by atoms with Crippen LogP contribution in [0.1, 0.15) is 10.4 Å². The number of benzene rings is 1. The third-order valence-electron chi connectivity index (χ3n) is 3.66. The minimum absolute atomic E-state index is 0.102. The molecule has 1 aromatic carbocycles. The van der Waals surface area contributed by atoms with E-state index in [-0.39, 0.29) is 5.56 Å². The van der Waals surface area contributed by atoms with Crippen molar-refractivity contribution in [2.45, 2.75) is 0 Å². The number of hydrogen-bond acceptors (Lipinski definition) is 6. The minimum atomic E-state index is -1.03. The predicted octanol–water partition coefficient (Wildman–Crippen LogP) is 2.40. The van der Waals surface area contributed by atoms with Crippen molar-refractivity contribution >= 4 is 23.7 Å². The van der Waals surface area contributed by atoms with E-state index in [0.29, 0.717) is 17.4 Å². The minimum Gasteiger partial charge on any atom is -0.497 e. The summed E-state index contributed by atoms with van der Waals surface area (Å²) in [7, 11) is 1.59. The van der Waals surface area contributed by atoms with E-state index in [4.69, 9.17) is 4.74 Å². The van der Waals surface area contributed by atoms with Crippen LogP contribution in [0.5, 0.6) is 5.75 Å². The predicted molar refractivity (Wildman–Crippen MR) is 90.5 cm³/mol. The average Bonchev–Trinajstić information content (AvgIpc) is 2.62. The second-order valence-corrected chi connectivity index (χ2v) is 6.29. The number of methoxy groups -OCH3 is 1. The Labute approximate surface area is 138 Å². The molecule has 3 rings (SSSR count). The number of carbonyl (C=O) groups is 1. The standard InChI is InChI=1S/C16H17N3O3S/c1-22-12-4-2-11(3-5-12)14-13(15(20)21)10-17-16(18-14)19-6-8-23-9-7-19/h2-5,10H,6-9H2,1H3,(H,20,21). The van der Waals surface area contributed by atoms with Gasteiger partial charge in [0, 0.05) is 36.4 Å². The molecule has 1 aliphatic rings. The number of rotatable bonds is 4. The number of aromatic nitrogens is 2. The van der Waals surface area contributed by atoms with Gasteiger partial charge >= 0.3 is 5.97 Å². The molecule has 1 aromatic heterocycles. The van der Waals surface area contributed by atoms with E-state index in [1.165, 1.54) is 6.20 Å². The van der Waals surface area contributed by atoms with Crippen LogP contribution in [0.15, 0.2) is 30.5 Å². The zero-order chi connectivity index (χ0) is 16.2. The lowest BCUT2D eigenvalue weighted by atomic mass is 10.1. The molecule has 120 valence electrons. The molecule has 1 N–H and O–H groups in total. The first-order chi connectivity index (χ1) is 11.2. The van der Waals surface area contributed by atoms with Crippen LogP contribution in [0.3, 0.4) is 0 Å². The second kappa shape index (κ2) is 6.87. The third-order valence-corrected chi connectivity index (χ3v) is 4.61. The Bertz CT molecular complexity index is 700. The highest BCUT2D eigenvalue weighted by Gasteiger charge is 2.19. The largest absolute Gasteiger partial charge is 0.497 e.